The zero-order valence-electron chi connectivity index (χ0n) is 16.7. The molecule has 25 heavy (non-hydrogen) atoms. The van der Waals surface area contributed by atoms with E-state index in [-0.39, 0.29) is 25.1 Å². The van der Waals surface area contributed by atoms with Crippen LogP contribution in [0.3, 0.4) is 0 Å². The third-order valence-corrected chi connectivity index (χ3v) is 2.74. The van der Waals surface area contributed by atoms with Gasteiger partial charge in [-0.2, -0.15) is 0 Å². The van der Waals surface area contributed by atoms with Crippen molar-refractivity contribution in [1.29, 1.82) is 0 Å². The predicted molar refractivity (Wildman–Crippen MR) is 101 cm³/mol. The number of rotatable bonds is 10. The zero-order valence-corrected chi connectivity index (χ0v) is 16.7. The van der Waals surface area contributed by atoms with Crippen LogP contribution < -0.4 is 11.1 Å². The third kappa shape index (κ3) is 35.0. The third-order valence-electron chi connectivity index (χ3n) is 2.74. The second kappa shape index (κ2) is 22.8. The Balaban J connectivity index is -0.000000321. The van der Waals surface area contributed by atoms with Gasteiger partial charge in [-0.1, -0.05) is 27.7 Å². The van der Waals surface area contributed by atoms with Crippen LogP contribution in [0.25, 0.3) is 0 Å². The summed E-state index contributed by atoms with van der Waals surface area (Å²) in [4.78, 5) is 21.6. The molecule has 0 rings (SSSR count). The van der Waals surface area contributed by atoms with Crippen LogP contribution in [0.2, 0.25) is 0 Å². The Morgan fingerprint density at radius 2 is 1.48 bits per heavy atom. The Labute approximate surface area is 153 Å². The number of carbonyl (C=O) groups excluding carboxylic acids is 2. The fraction of sp³-hybridized carbons (Fsp3) is 0.889. The Hall–Kier alpha value is -1.18. The summed E-state index contributed by atoms with van der Waals surface area (Å²) in [6.07, 6.45) is 2.97. The molecule has 7 nitrogen and oxygen atoms in total. The van der Waals surface area contributed by atoms with Crippen molar-refractivity contribution < 1.29 is 24.5 Å². The van der Waals surface area contributed by atoms with Gasteiger partial charge >= 0.3 is 5.97 Å². The summed E-state index contributed by atoms with van der Waals surface area (Å²) in [5, 5.41) is 18.7. The molecule has 7 heteroatoms. The number of hydrogen-bond donors (Lipinski definition) is 4. The highest BCUT2D eigenvalue weighted by Crippen LogP contribution is 2.04. The van der Waals surface area contributed by atoms with E-state index >= 15 is 0 Å². The van der Waals surface area contributed by atoms with E-state index in [0.29, 0.717) is 44.4 Å². The van der Waals surface area contributed by atoms with Crippen LogP contribution in [0, 0.1) is 11.8 Å². The van der Waals surface area contributed by atoms with Gasteiger partial charge in [0.1, 0.15) is 0 Å². The summed E-state index contributed by atoms with van der Waals surface area (Å²) in [6.45, 7) is 11.5. The topological polar surface area (TPSA) is 122 Å². The molecule has 0 aliphatic heterocycles. The quantitative estimate of drug-likeness (QED) is 0.435. The van der Waals surface area contributed by atoms with Crippen LogP contribution in [0.5, 0.6) is 0 Å². The summed E-state index contributed by atoms with van der Waals surface area (Å²) in [5.74, 6) is 1.11. The summed E-state index contributed by atoms with van der Waals surface area (Å²) < 4.78 is 4.75. The number of esters is 1. The fourth-order valence-electron chi connectivity index (χ4n) is 1.34. The molecule has 0 aromatic heterocycles. The molecule has 0 saturated carbocycles. The van der Waals surface area contributed by atoms with Gasteiger partial charge in [-0.25, -0.2) is 0 Å². The SMILES string of the molecule is CC(C)CCC(=O)NCCO.CCOC(=O)CCC(C)C.NCCO. The lowest BCUT2D eigenvalue weighted by Crippen LogP contribution is -2.26. The van der Waals surface area contributed by atoms with E-state index in [2.05, 4.69) is 33.0 Å². The maximum atomic E-state index is 10.9. The van der Waals surface area contributed by atoms with Crippen molar-refractivity contribution in [2.24, 2.45) is 17.6 Å². The molecule has 0 fully saturated rings. The van der Waals surface area contributed by atoms with Crippen LogP contribution in [0.1, 0.15) is 60.3 Å². The molecule has 0 aromatic carbocycles. The Morgan fingerprint density at radius 3 is 1.84 bits per heavy atom. The van der Waals surface area contributed by atoms with Gasteiger partial charge in [-0.3, -0.25) is 9.59 Å². The summed E-state index contributed by atoms with van der Waals surface area (Å²) in [5.41, 5.74) is 4.78. The number of aliphatic hydroxyl groups is 2. The van der Waals surface area contributed by atoms with Gasteiger partial charge < -0.3 is 26.0 Å². The van der Waals surface area contributed by atoms with Gasteiger partial charge in [0, 0.05) is 25.9 Å². The standard InChI is InChI=1S/C8H17NO2.C8H16O2.C2H7NO/c1-7(2)3-4-8(11)9-5-6-10;1-4-10-8(9)6-5-7(2)3;3-1-2-4/h7,10H,3-6H2,1-2H3,(H,9,11);7H,4-6H2,1-3H3;4H,1-3H2. The molecule has 5 N–H and O–H groups in total. The molecule has 0 spiro atoms. The zero-order chi connectivity index (χ0) is 20.1. The first-order valence-corrected chi connectivity index (χ1v) is 9.09. The molecular formula is C18H40N2O5. The lowest BCUT2D eigenvalue weighted by Gasteiger charge is -2.04. The molecule has 0 aliphatic rings. The van der Waals surface area contributed by atoms with Gasteiger partial charge in [-0.05, 0) is 31.6 Å². The van der Waals surface area contributed by atoms with Crippen LogP contribution in [-0.2, 0) is 14.3 Å². The second-order valence-electron chi connectivity index (χ2n) is 6.26. The van der Waals surface area contributed by atoms with Gasteiger partial charge in [0.2, 0.25) is 5.91 Å². The number of carbonyl (C=O) groups is 2. The van der Waals surface area contributed by atoms with E-state index in [1.165, 1.54) is 0 Å². The Kier molecular flexibility index (Phi) is 26.1. The number of aliphatic hydroxyl groups excluding tert-OH is 2. The largest absolute Gasteiger partial charge is 0.466 e. The van der Waals surface area contributed by atoms with Crippen LogP contribution in [0.4, 0.5) is 0 Å². The molecule has 0 saturated heterocycles. The van der Waals surface area contributed by atoms with E-state index in [1.807, 2.05) is 6.92 Å². The molecule has 152 valence electrons. The maximum absolute atomic E-state index is 10.9. The molecule has 0 aromatic rings. The smallest absolute Gasteiger partial charge is 0.305 e. The minimum absolute atomic E-state index is 0.0212. The Bertz CT molecular complexity index is 295. The second-order valence-corrected chi connectivity index (χ2v) is 6.26. The average molecular weight is 365 g/mol. The van der Waals surface area contributed by atoms with Crippen molar-refractivity contribution in [3.63, 3.8) is 0 Å². The summed E-state index contributed by atoms with van der Waals surface area (Å²) >= 11 is 0. The lowest BCUT2D eigenvalue weighted by atomic mass is 10.1. The van der Waals surface area contributed by atoms with Crippen molar-refractivity contribution in [3.05, 3.63) is 0 Å². The Morgan fingerprint density at radius 1 is 1.00 bits per heavy atom. The highest BCUT2D eigenvalue weighted by atomic mass is 16.5. The normalized spacial score (nSPS) is 9.68. The highest BCUT2D eigenvalue weighted by molar-refractivity contribution is 5.75. The van der Waals surface area contributed by atoms with Crippen LogP contribution >= 0.6 is 0 Å². The first kappa shape index (κ1) is 28.6. The molecule has 0 radical (unpaired) electrons. The molecular weight excluding hydrogens is 324 g/mol. The van der Waals surface area contributed by atoms with E-state index in [0.717, 1.165) is 12.8 Å². The number of amides is 1. The van der Waals surface area contributed by atoms with E-state index in [1.54, 1.807) is 0 Å². The van der Waals surface area contributed by atoms with Crippen molar-refractivity contribution in [3.8, 4) is 0 Å². The monoisotopic (exact) mass is 364 g/mol. The van der Waals surface area contributed by atoms with Crippen LogP contribution in [0.15, 0.2) is 0 Å². The summed E-state index contributed by atoms with van der Waals surface area (Å²) in [7, 11) is 0. The number of nitrogens with two attached hydrogens (primary N) is 1. The predicted octanol–water partition coefficient (Wildman–Crippen LogP) is 1.45. The molecule has 1 amide bonds. The molecule has 0 unspecified atom stereocenters. The molecule has 0 atom stereocenters. The first-order chi connectivity index (χ1) is 11.7. The van der Waals surface area contributed by atoms with Crippen molar-refractivity contribution >= 4 is 11.9 Å². The van der Waals surface area contributed by atoms with Crippen molar-refractivity contribution in [2.75, 3.05) is 32.9 Å². The summed E-state index contributed by atoms with van der Waals surface area (Å²) in [6, 6.07) is 0. The minimum Gasteiger partial charge on any atom is -0.466 e. The van der Waals surface area contributed by atoms with Gasteiger partial charge in [0.05, 0.1) is 19.8 Å². The van der Waals surface area contributed by atoms with E-state index in [9.17, 15) is 9.59 Å². The van der Waals surface area contributed by atoms with E-state index < -0.39 is 0 Å². The molecule has 0 aliphatic carbocycles. The minimum atomic E-state index is -0.0730. The highest BCUT2D eigenvalue weighted by Gasteiger charge is 2.02. The number of ether oxygens (including phenoxy) is 1. The first-order valence-electron chi connectivity index (χ1n) is 9.09. The van der Waals surface area contributed by atoms with Crippen LogP contribution in [-0.4, -0.2) is 55.0 Å². The number of hydrogen-bond acceptors (Lipinski definition) is 6. The lowest BCUT2D eigenvalue weighted by molar-refractivity contribution is -0.143. The average Bonchev–Trinajstić information content (AvgIpc) is 2.57. The maximum Gasteiger partial charge on any atom is 0.305 e. The molecule has 0 bridgehead atoms. The van der Waals surface area contributed by atoms with Crippen molar-refractivity contribution in [1.82, 2.24) is 5.32 Å². The van der Waals surface area contributed by atoms with Gasteiger partial charge in [-0.15, -0.1) is 0 Å². The number of nitrogens with one attached hydrogen (secondary N) is 1. The van der Waals surface area contributed by atoms with E-state index in [4.69, 9.17) is 20.7 Å². The van der Waals surface area contributed by atoms with Crippen molar-refractivity contribution in [2.45, 2.75) is 60.3 Å². The molecule has 0 heterocycles. The van der Waals surface area contributed by atoms with Gasteiger partial charge in [0.25, 0.3) is 0 Å². The fourth-order valence-corrected chi connectivity index (χ4v) is 1.34. The van der Waals surface area contributed by atoms with Gasteiger partial charge in [0.15, 0.2) is 0 Å².